The van der Waals surface area contributed by atoms with Crippen molar-refractivity contribution in [2.24, 2.45) is 0 Å². The number of nitrogens with one attached hydrogen (secondary N) is 2. The van der Waals surface area contributed by atoms with Gasteiger partial charge in [0.25, 0.3) is 5.91 Å². The van der Waals surface area contributed by atoms with E-state index < -0.39 is 24.5 Å². The van der Waals surface area contributed by atoms with Crippen LogP contribution in [0.1, 0.15) is 20.8 Å². The number of para-hydroxylation sites is 1. The lowest BCUT2D eigenvalue weighted by Crippen LogP contribution is -2.22. The number of carbonyl (C=O) groups is 3. The van der Waals surface area contributed by atoms with Gasteiger partial charge in [-0.15, -0.1) is 17.9 Å². The lowest BCUT2D eigenvalue weighted by molar-refractivity contribution is -0.119. The van der Waals surface area contributed by atoms with E-state index >= 15 is 0 Å². The monoisotopic (exact) mass is 375 g/mol. The number of nitrogens with zero attached hydrogens (tertiary/aromatic N) is 1. The Balaban J connectivity index is 1.91. The number of rotatable bonds is 8. The number of ether oxygens (including phenoxy) is 2. The van der Waals surface area contributed by atoms with E-state index in [9.17, 15) is 14.4 Å². The zero-order valence-corrected chi connectivity index (χ0v) is 14.8. The number of hydrogen-bond donors (Lipinski definition) is 2. The van der Waals surface area contributed by atoms with Crippen LogP contribution in [0.5, 0.6) is 0 Å². The average Bonchev–Trinajstić information content (AvgIpc) is 3.13. The van der Waals surface area contributed by atoms with Crippen molar-refractivity contribution in [3.63, 3.8) is 0 Å². The maximum atomic E-state index is 12.0. The Kier molecular flexibility index (Phi) is 6.86. The first-order valence-electron chi connectivity index (χ1n) is 7.49. The first kappa shape index (κ1) is 19.1. The molecule has 2 N–H and O–H groups in total. The molecule has 0 aliphatic carbocycles. The smallest absolute Gasteiger partial charge is 0.358 e. The van der Waals surface area contributed by atoms with Crippen molar-refractivity contribution >= 4 is 40.0 Å². The molecule has 0 spiro atoms. The fourth-order valence-electron chi connectivity index (χ4n) is 1.88. The van der Waals surface area contributed by atoms with E-state index in [2.05, 4.69) is 26.9 Å². The molecule has 8 nitrogen and oxygen atoms in total. The minimum Gasteiger partial charge on any atom is -0.465 e. The summed E-state index contributed by atoms with van der Waals surface area (Å²) in [4.78, 5) is 39.6. The molecule has 0 fully saturated rings. The van der Waals surface area contributed by atoms with Crippen LogP contribution in [-0.2, 0) is 14.3 Å². The van der Waals surface area contributed by atoms with Crippen molar-refractivity contribution in [2.45, 2.75) is 0 Å². The molecule has 0 atom stereocenters. The van der Waals surface area contributed by atoms with Crippen LogP contribution >= 0.6 is 11.3 Å². The van der Waals surface area contributed by atoms with E-state index in [0.717, 1.165) is 0 Å². The third-order valence-electron chi connectivity index (χ3n) is 3.05. The zero-order chi connectivity index (χ0) is 18.9. The predicted molar refractivity (Wildman–Crippen MR) is 97.5 cm³/mol. The molecule has 26 heavy (non-hydrogen) atoms. The number of hydrogen-bond acceptors (Lipinski definition) is 8. The average molecular weight is 375 g/mol. The molecule has 2 aromatic rings. The van der Waals surface area contributed by atoms with Gasteiger partial charge in [0.15, 0.2) is 17.4 Å². The standard InChI is InChI=1S/C17H17N3O5S/c1-3-8-18-17-20-13(10-26-17)16(23)25-9-14(21)19-12-7-5-4-6-11(12)15(22)24-2/h3-7,10H,1,8-9H2,2H3,(H,18,20)(H,19,21). The summed E-state index contributed by atoms with van der Waals surface area (Å²) in [6.07, 6.45) is 1.66. The summed E-state index contributed by atoms with van der Waals surface area (Å²) in [5.74, 6) is -1.89. The van der Waals surface area contributed by atoms with Crippen molar-refractivity contribution in [2.75, 3.05) is 30.9 Å². The highest BCUT2D eigenvalue weighted by Gasteiger charge is 2.16. The van der Waals surface area contributed by atoms with Crippen LogP contribution in [0, 0.1) is 0 Å². The van der Waals surface area contributed by atoms with Gasteiger partial charge >= 0.3 is 11.9 Å². The van der Waals surface area contributed by atoms with Gasteiger partial charge in [0.1, 0.15) is 0 Å². The number of aromatic nitrogens is 1. The van der Waals surface area contributed by atoms with Crippen molar-refractivity contribution in [3.8, 4) is 0 Å². The third kappa shape index (κ3) is 5.15. The fourth-order valence-corrected chi connectivity index (χ4v) is 2.57. The van der Waals surface area contributed by atoms with Gasteiger partial charge in [0, 0.05) is 11.9 Å². The molecule has 1 aromatic carbocycles. The Bertz CT molecular complexity index is 818. The quantitative estimate of drug-likeness (QED) is 0.539. The largest absolute Gasteiger partial charge is 0.465 e. The van der Waals surface area contributed by atoms with E-state index in [4.69, 9.17) is 4.74 Å². The second kappa shape index (κ2) is 9.33. The molecular formula is C17H17N3O5S. The van der Waals surface area contributed by atoms with Crippen molar-refractivity contribution in [1.29, 1.82) is 0 Å². The van der Waals surface area contributed by atoms with Gasteiger partial charge in [-0.05, 0) is 12.1 Å². The first-order valence-corrected chi connectivity index (χ1v) is 8.37. The molecule has 0 saturated carbocycles. The molecule has 2 rings (SSSR count). The predicted octanol–water partition coefficient (Wildman–Crippen LogP) is 2.32. The van der Waals surface area contributed by atoms with E-state index in [1.165, 1.54) is 29.9 Å². The Hall–Kier alpha value is -3.20. The van der Waals surface area contributed by atoms with Crippen LogP contribution in [-0.4, -0.2) is 43.1 Å². The molecular weight excluding hydrogens is 358 g/mol. The van der Waals surface area contributed by atoms with E-state index in [1.54, 1.807) is 24.3 Å². The van der Waals surface area contributed by atoms with Crippen LogP contribution in [0.2, 0.25) is 0 Å². The molecule has 9 heteroatoms. The fraction of sp³-hybridized carbons (Fsp3) is 0.176. The SMILES string of the molecule is C=CCNc1nc(C(=O)OCC(=O)Nc2ccccc2C(=O)OC)cs1. The van der Waals surface area contributed by atoms with Gasteiger partial charge in [-0.1, -0.05) is 18.2 Å². The van der Waals surface area contributed by atoms with Crippen LogP contribution in [0.15, 0.2) is 42.3 Å². The van der Waals surface area contributed by atoms with Crippen LogP contribution in [0.3, 0.4) is 0 Å². The van der Waals surface area contributed by atoms with Gasteiger partial charge < -0.3 is 20.1 Å². The summed E-state index contributed by atoms with van der Waals surface area (Å²) in [6.45, 7) is 3.58. The Morgan fingerprint density at radius 2 is 2.04 bits per heavy atom. The summed E-state index contributed by atoms with van der Waals surface area (Å²) in [6, 6.07) is 6.35. The maximum absolute atomic E-state index is 12.0. The number of thiazole rings is 1. The minimum absolute atomic E-state index is 0.101. The number of anilines is 2. The second-order valence-corrected chi connectivity index (χ2v) is 5.73. The van der Waals surface area contributed by atoms with Gasteiger partial charge in [-0.25, -0.2) is 14.6 Å². The Morgan fingerprint density at radius 3 is 2.77 bits per heavy atom. The van der Waals surface area contributed by atoms with Gasteiger partial charge in [0.2, 0.25) is 0 Å². The van der Waals surface area contributed by atoms with E-state index in [1.807, 2.05) is 0 Å². The lowest BCUT2D eigenvalue weighted by atomic mass is 10.2. The first-order chi connectivity index (χ1) is 12.5. The van der Waals surface area contributed by atoms with E-state index in [0.29, 0.717) is 11.7 Å². The molecule has 0 aliphatic heterocycles. The molecule has 1 amide bonds. The zero-order valence-electron chi connectivity index (χ0n) is 14.0. The van der Waals surface area contributed by atoms with Crippen molar-refractivity contribution < 1.29 is 23.9 Å². The molecule has 0 radical (unpaired) electrons. The molecule has 0 aliphatic rings. The normalized spacial score (nSPS) is 9.88. The molecule has 136 valence electrons. The highest BCUT2D eigenvalue weighted by atomic mass is 32.1. The van der Waals surface area contributed by atoms with Gasteiger partial charge in [-0.2, -0.15) is 0 Å². The molecule has 1 aromatic heterocycles. The summed E-state index contributed by atoms with van der Waals surface area (Å²) in [7, 11) is 1.24. The number of amides is 1. The van der Waals surface area contributed by atoms with E-state index in [-0.39, 0.29) is 16.9 Å². The maximum Gasteiger partial charge on any atom is 0.358 e. The number of methoxy groups -OCH3 is 1. The highest BCUT2D eigenvalue weighted by molar-refractivity contribution is 7.13. The van der Waals surface area contributed by atoms with Crippen LogP contribution in [0.25, 0.3) is 0 Å². The molecule has 1 heterocycles. The lowest BCUT2D eigenvalue weighted by Gasteiger charge is -2.09. The van der Waals surface area contributed by atoms with Gasteiger partial charge in [0.05, 0.1) is 18.4 Å². The number of esters is 2. The van der Waals surface area contributed by atoms with Crippen LogP contribution in [0.4, 0.5) is 10.8 Å². The highest BCUT2D eigenvalue weighted by Crippen LogP contribution is 2.17. The molecule has 0 saturated heterocycles. The number of benzene rings is 1. The summed E-state index contributed by atoms with van der Waals surface area (Å²) in [5, 5.41) is 7.53. The third-order valence-corrected chi connectivity index (χ3v) is 3.85. The summed E-state index contributed by atoms with van der Waals surface area (Å²) < 4.78 is 9.59. The van der Waals surface area contributed by atoms with Gasteiger partial charge in [-0.3, -0.25) is 4.79 Å². The number of carbonyl (C=O) groups excluding carboxylic acids is 3. The Labute approximate surface area is 153 Å². The summed E-state index contributed by atoms with van der Waals surface area (Å²) in [5.41, 5.74) is 0.571. The molecule has 0 bridgehead atoms. The van der Waals surface area contributed by atoms with Crippen molar-refractivity contribution in [1.82, 2.24) is 4.98 Å². The Morgan fingerprint density at radius 1 is 1.27 bits per heavy atom. The minimum atomic E-state index is -0.718. The summed E-state index contributed by atoms with van der Waals surface area (Å²) >= 11 is 1.24. The topological polar surface area (TPSA) is 107 Å². The molecule has 0 unspecified atom stereocenters. The second-order valence-electron chi connectivity index (χ2n) is 4.87. The van der Waals surface area contributed by atoms with Crippen molar-refractivity contribution in [3.05, 3.63) is 53.6 Å². The van der Waals surface area contributed by atoms with Crippen LogP contribution < -0.4 is 10.6 Å².